The molecule has 5 nitrogen and oxygen atoms in total. The minimum absolute atomic E-state index is 0.298. The third-order valence-electron chi connectivity index (χ3n) is 4.97. The molecule has 1 fully saturated rings. The molecule has 1 aliphatic heterocycles. The van der Waals surface area contributed by atoms with Crippen molar-refractivity contribution in [2.24, 2.45) is 0 Å². The van der Waals surface area contributed by atoms with Gasteiger partial charge in [-0.2, -0.15) is 4.31 Å². The Bertz CT molecular complexity index is 1040. The van der Waals surface area contributed by atoms with E-state index < -0.39 is 16.1 Å². The van der Waals surface area contributed by atoms with Gasteiger partial charge in [0.25, 0.3) is 0 Å². The number of amides is 1. The highest BCUT2D eigenvalue weighted by molar-refractivity contribution is 7.89. The van der Waals surface area contributed by atoms with E-state index in [4.69, 9.17) is 6.42 Å². The number of hydrogen-bond acceptors (Lipinski definition) is 3. The van der Waals surface area contributed by atoms with E-state index in [1.165, 1.54) is 4.31 Å². The van der Waals surface area contributed by atoms with E-state index in [0.29, 0.717) is 46.7 Å². The Kier molecular flexibility index (Phi) is 5.59. The van der Waals surface area contributed by atoms with E-state index in [-0.39, 0.29) is 5.91 Å². The quantitative estimate of drug-likeness (QED) is 0.806. The van der Waals surface area contributed by atoms with E-state index in [2.05, 4.69) is 11.2 Å². The summed E-state index contributed by atoms with van der Waals surface area (Å²) in [5.41, 5.74) is 3.63. The van der Waals surface area contributed by atoms with Crippen molar-refractivity contribution >= 4 is 21.6 Å². The summed E-state index contributed by atoms with van der Waals surface area (Å²) in [5, 5.41) is 2.81. The molecule has 0 aromatic heterocycles. The maximum absolute atomic E-state index is 13.4. The predicted molar refractivity (Wildman–Crippen MR) is 111 cm³/mol. The van der Waals surface area contributed by atoms with Crippen LogP contribution >= 0.6 is 0 Å². The molecule has 28 heavy (non-hydrogen) atoms. The van der Waals surface area contributed by atoms with Crippen LogP contribution in [-0.2, 0) is 14.8 Å². The maximum atomic E-state index is 13.4. The van der Waals surface area contributed by atoms with Gasteiger partial charge in [-0.3, -0.25) is 4.79 Å². The van der Waals surface area contributed by atoms with Gasteiger partial charge in [0.2, 0.25) is 15.9 Å². The van der Waals surface area contributed by atoms with Crippen molar-refractivity contribution < 1.29 is 13.2 Å². The third kappa shape index (κ3) is 3.82. The van der Waals surface area contributed by atoms with E-state index in [1.807, 2.05) is 19.1 Å². The molecule has 2 aromatic rings. The summed E-state index contributed by atoms with van der Waals surface area (Å²) in [6, 6.07) is 9.94. The fourth-order valence-electron chi connectivity index (χ4n) is 3.89. The molecule has 1 unspecified atom stereocenters. The van der Waals surface area contributed by atoms with Crippen molar-refractivity contribution in [3.63, 3.8) is 0 Å². The first-order valence-electron chi connectivity index (χ1n) is 9.21. The van der Waals surface area contributed by atoms with Gasteiger partial charge < -0.3 is 5.32 Å². The molecule has 0 saturated carbocycles. The largest absolute Gasteiger partial charge is 0.325 e. The number of nitrogens with zero attached hydrogens (tertiary/aromatic N) is 1. The second-order valence-corrected chi connectivity index (χ2v) is 9.04. The van der Waals surface area contributed by atoms with Crippen LogP contribution in [0.25, 0.3) is 0 Å². The van der Waals surface area contributed by atoms with Crippen LogP contribution in [0.2, 0.25) is 0 Å². The predicted octanol–water partition coefficient (Wildman–Crippen LogP) is 3.38. The molecule has 146 valence electrons. The van der Waals surface area contributed by atoms with Gasteiger partial charge in [0.05, 0.1) is 4.90 Å². The maximum Gasteiger partial charge on any atom is 0.244 e. The lowest BCUT2D eigenvalue weighted by atomic mass is 10.1. The van der Waals surface area contributed by atoms with Crippen LogP contribution in [-0.4, -0.2) is 31.2 Å². The third-order valence-corrected chi connectivity index (χ3v) is 7.19. The number of hydrogen-bond donors (Lipinski definition) is 1. The van der Waals surface area contributed by atoms with Crippen LogP contribution in [0, 0.1) is 33.1 Å². The molecule has 0 spiro atoms. The Morgan fingerprint density at radius 3 is 2.50 bits per heavy atom. The number of anilines is 1. The number of terminal acetylenes is 1. The minimum Gasteiger partial charge on any atom is -0.325 e. The van der Waals surface area contributed by atoms with E-state index in [1.54, 1.807) is 38.1 Å². The molecule has 1 heterocycles. The second-order valence-electron chi connectivity index (χ2n) is 7.22. The van der Waals surface area contributed by atoms with Gasteiger partial charge in [-0.15, -0.1) is 6.42 Å². The molecule has 3 rings (SSSR count). The van der Waals surface area contributed by atoms with Crippen molar-refractivity contribution in [2.75, 3.05) is 11.9 Å². The summed E-state index contributed by atoms with van der Waals surface area (Å²) in [6.45, 7) is 5.86. The topological polar surface area (TPSA) is 66.5 Å². The molecular formula is C22H24N2O3S. The fraction of sp³-hybridized carbons (Fsp3) is 0.318. The summed E-state index contributed by atoms with van der Waals surface area (Å²) in [7, 11) is -3.78. The van der Waals surface area contributed by atoms with Crippen LogP contribution < -0.4 is 5.32 Å². The van der Waals surface area contributed by atoms with Crippen LogP contribution in [0.5, 0.6) is 0 Å². The number of sulfonamides is 1. The average molecular weight is 397 g/mol. The Hall–Kier alpha value is -2.62. The number of rotatable bonds is 4. The molecule has 0 bridgehead atoms. The van der Waals surface area contributed by atoms with Gasteiger partial charge in [0.15, 0.2) is 0 Å². The lowest BCUT2D eigenvalue weighted by molar-refractivity contribution is -0.119. The van der Waals surface area contributed by atoms with Crippen molar-refractivity contribution in [3.05, 3.63) is 58.7 Å². The van der Waals surface area contributed by atoms with E-state index in [9.17, 15) is 13.2 Å². The van der Waals surface area contributed by atoms with Crippen LogP contribution in [0.4, 0.5) is 5.69 Å². The number of carbonyl (C=O) groups excluding carboxylic acids is 1. The van der Waals surface area contributed by atoms with Crippen molar-refractivity contribution in [1.82, 2.24) is 4.31 Å². The molecule has 1 atom stereocenters. The molecule has 1 N–H and O–H groups in total. The second kappa shape index (κ2) is 7.78. The Morgan fingerprint density at radius 2 is 1.86 bits per heavy atom. The van der Waals surface area contributed by atoms with Crippen LogP contribution in [0.1, 0.15) is 35.1 Å². The number of carbonyl (C=O) groups is 1. The molecular weight excluding hydrogens is 372 g/mol. The number of nitrogens with one attached hydrogen (secondary N) is 1. The van der Waals surface area contributed by atoms with Gasteiger partial charge in [-0.05, 0) is 62.9 Å². The highest BCUT2D eigenvalue weighted by atomic mass is 32.2. The number of benzene rings is 2. The van der Waals surface area contributed by atoms with Crippen molar-refractivity contribution in [2.45, 2.75) is 44.6 Å². The zero-order chi connectivity index (χ0) is 20.5. The molecule has 2 aromatic carbocycles. The molecule has 1 aliphatic rings. The van der Waals surface area contributed by atoms with Crippen molar-refractivity contribution in [1.29, 1.82) is 0 Å². The zero-order valence-corrected chi connectivity index (χ0v) is 17.1. The fourth-order valence-corrected chi connectivity index (χ4v) is 5.96. The summed E-state index contributed by atoms with van der Waals surface area (Å²) >= 11 is 0. The highest BCUT2D eigenvalue weighted by Crippen LogP contribution is 2.31. The molecule has 0 aliphatic carbocycles. The first-order valence-corrected chi connectivity index (χ1v) is 10.7. The minimum atomic E-state index is -3.78. The summed E-state index contributed by atoms with van der Waals surface area (Å²) in [4.78, 5) is 13.2. The van der Waals surface area contributed by atoms with Crippen molar-refractivity contribution in [3.8, 4) is 12.3 Å². The smallest absolute Gasteiger partial charge is 0.244 e. The van der Waals surface area contributed by atoms with Gasteiger partial charge in [0.1, 0.15) is 6.04 Å². The van der Waals surface area contributed by atoms with Gasteiger partial charge >= 0.3 is 0 Å². The standard InChI is InChI=1S/C22H24N2O3S/c1-5-18-8-6-9-19(14-18)23-22(25)20-10-7-11-24(20)28(26,27)21-16(3)12-15(2)13-17(21)4/h1,6,8-9,12-14,20H,7,10-11H2,2-4H3,(H,23,25). The van der Waals surface area contributed by atoms with E-state index >= 15 is 0 Å². The normalized spacial score (nSPS) is 17.3. The Balaban J connectivity index is 1.90. The monoisotopic (exact) mass is 396 g/mol. The summed E-state index contributed by atoms with van der Waals surface area (Å²) < 4.78 is 28.1. The molecule has 0 radical (unpaired) electrons. The zero-order valence-electron chi connectivity index (χ0n) is 16.3. The molecule has 1 amide bonds. The van der Waals surface area contributed by atoms with E-state index in [0.717, 1.165) is 5.56 Å². The number of aryl methyl sites for hydroxylation is 3. The Morgan fingerprint density at radius 1 is 1.18 bits per heavy atom. The first kappa shape index (κ1) is 20.1. The first-order chi connectivity index (χ1) is 13.2. The van der Waals surface area contributed by atoms with Gasteiger partial charge in [-0.1, -0.05) is 29.7 Å². The average Bonchev–Trinajstić information content (AvgIpc) is 3.11. The van der Waals surface area contributed by atoms with Crippen LogP contribution in [0.15, 0.2) is 41.3 Å². The van der Waals surface area contributed by atoms with Gasteiger partial charge in [-0.25, -0.2) is 8.42 Å². The lowest BCUT2D eigenvalue weighted by Crippen LogP contribution is -2.43. The Labute approximate surface area is 166 Å². The SMILES string of the molecule is C#Cc1cccc(NC(=O)C2CCCN2S(=O)(=O)c2c(C)cc(C)cc2C)c1. The summed E-state index contributed by atoms with van der Waals surface area (Å²) in [5.74, 6) is 2.19. The van der Waals surface area contributed by atoms with Gasteiger partial charge in [0, 0.05) is 17.8 Å². The molecule has 6 heteroatoms. The lowest BCUT2D eigenvalue weighted by Gasteiger charge is -2.25. The highest BCUT2D eigenvalue weighted by Gasteiger charge is 2.40. The van der Waals surface area contributed by atoms with Crippen LogP contribution in [0.3, 0.4) is 0 Å². The summed E-state index contributed by atoms with van der Waals surface area (Å²) in [6.07, 6.45) is 6.54. The molecule has 1 saturated heterocycles.